The van der Waals surface area contributed by atoms with Gasteiger partial charge in [-0.3, -0.25) is 4.90 Å². The van der Waals surface area contributed by atoms with Crippen LogP contribution < -0.4 is 10.2 Å². The van der Waals surface area contributed by atoms with Gasteiger partial charge in [-0.1, -0.05) is 113 Å². The Morgan fingerprint density at radius 3 is 2.35 bits per heavy atom. The molecule has 0 spiro atoms. The number of fused-ring (bicyclic) bond motifs is 1. The summed E-state index contributed by atoms with van der Waals surface area (Å²) in [6.45, 7) is 4.58. The second-order valence-electron chi connectivity index (χ2n) is 12.2. The number of rotatable bonds is 15. The number of oxime groups is 1. The minimum absolute atomic E-state index is 0.0808. The van der Waals surface area contributed by atoms with Gasteiger partial charge < -0.3 is 20.0 Å². The van der Waals surface area contributed by atoms with Crippen LogP contribution in [0.25, 0.3) is 0 Å². The molecule has 2 atom stereocenters. The lowest BCUT2D eigenvalue weighted by atomic mass is 9.77. The molecule has 49 heavy (non-hydrogen) atoms. The lowest BCUT2D eigenvalue weighted by Crippen LogP contribution is -2.39. The summed E-state index contributed by atoms with van der Waals surface area (Å²) in [5.74, 6) is -0.294. The lowest BCUT2D eigenvalue weighted by Gasteiger charge is -2.29. The number of anilines is 1. The molecule has 7 nitrogen and oxygen atoms in total. The number of nitrogens with zero attached hydrogens (tertiary/aromatic N) is 2. The van der Waals surface area contributed by atoms with Crippen molar-refractivity contribution in [2.24, 2.45) is 5.16 Å². The normalized spacial score (nSPS) is 16.4. The van der Waals surface area contributed by atoms with Crippen LogP contribution in [0.4, 0.5) is 10.5 Å². The van der Waals surface area contributed by atoms with E-state index in [1.165, 1.54) is 0 Å². The van der Waals surface area contributed by atoms with Crippen molar-refractivity contribution >= 4 is 63.9 Å². The van der Waals surface area contributed by atoms with Crippen LogP contribution in [0.1, 0.15) is 54.4 Å². The van der Waals surface area contributed by atoms with Gasteiger partial charge in [0, 0.05) is 27.9 Å². The predicted molar refractivity (Wildman–Crippen MR) is 199 cm³/mol. The number of amides is 1. The number of benzene rings is 4. The summed E-state index contributed by atoms with van der Waals surface area (Å²) < 4.78 is 11.7. The Balaban J connectivity index is 1.21. The van der Waals surface area contributed by atoms with Crippen molar-refractivity contribution in [1.29, 1.82) is 0 Å². The Bertz CT molecular complexity index is 1740. The van der Waals surface area contributed by atoms with Crippen LogP contribution in [0.3, 0.4) is 0 Å². The zero-order valence-corrected chi connectivity index (χ0v) is 30.2. The van der Waals surface area contributed by atoms with Gasteiger partial charge in [0.25, 0.3) is 0 Å². The minimum Gasteiger partial charge on any atom is -0.444 e. The highest BCUT2D eigenvalue weighted by Gasteiger charge is 2.43. The fourth-order valence-electron chi connectivity index (χ4n) is 6.40. The summed E-state index contributed by atoms with van der Waals surface area (Å²) in [5, 5.41) is 19.2. The highest BCUT2D eigenvalue weighted by Crippen LogP contribution is 2.45. The molecular formula is C38H39Cl4N3O4. The number of nitrogens with one attached hydrogen (secondary N) is 1. The molecule has 1 heterocycles. The monoisotopic (exact) mass is 741 g/mol. The smallest absolute Gasteiger partial charge is 0.414 e. The molecule has 2 unspecified atom stereocenters. The Kier molecular flexibility index (Phi) is 13.3. The van der Waals surface area contributed by atoms with Gasteiger partial charge in [0.05, 0.1) is 34.7 Å². The molecule has 0 aromatic heterocycles. The van der Waals surface area contributed by atoms with Gasteiger partial charge in [-0.05, 0) is 91.0 Å². The van der Waals surface area contributed by atoms with E-state index in [-0.39, 0.29) is 37.2 Å². The Morgan fingerprint density at radius 1 is 0.898 bits per heavy atom. The molecule has 11 heteroatoms. The van der Waals surface area contributed by atoms with E-state index < -0.39 is 0 Å². The highest BCUT2D eigenvalue weighted by atomic mass is 35.5. The van der Waals surface area contributed by atoms with E-state index in [9.17, 15) is 10.0 Å². The fourth-order valence-corrected chi connectivity index (χ4v) is 7.28. The number of hydrogen-bond donors (Lipinski definition) is 2. The van der Waals surface area contributed by atoms with Crippen LogP contribution in [0, 0.1) is 0 Å². The number of carbonyl (C=O) groups excluding carboxylic acids is 1. The molecule has 1 amide bonds. The zero-order valence-electron chi connectivity index (χ0n) is 27.2. The molecule has 0 fully saturated rings. The van der Waals surface area contributed by atoms with Crippen molar-refractivity contribution in [3.63, 3.8) is 0 Å². The maximum Gasteiger partial charge on any atom is 0.414 e. The van der Waals surface area contributed by atoms with Gasteiger partial charge in [-0.15, -0.1) is 0 Å². The van der Waals surface area contributed by atoms with E-state index in [0.717, 1.165) is 40.8 Å². The summed E-state index contributed by atoms with van der Waals surface area (Å²) in [5.41, 5.74) is 4.88. The highest BCUT2D eigenvalue weighted by molar-refractivity contribution is 6.42. The van der Waals surface area contributed by atoms with E-state index in [1.807, 2.05) is 54.6 Å². The minimum atomic E-state index is -0.347. The summed E-state index contributed by atoms with van der Waals surface area (Å²) in [6, 6.07) is 28.4. The summed E-state index contributed by atoms with van der Waals surface area (Å²) in [4.78, 5) is 15.1. The van der Waals surface area contributed by atoms with Crippen LogP contribution in [0.2, 0.25) is 20.1 Å². The summed E-state index contributed by atoms with van der Waals surface area (Å²) in [6.07, 6.45) is 1.93. The van der Waals surface area contributed by atoms with E-state index in [1.54, 1.807) is 35.2 Å². The molecule has 4 aromatic rings. The molecule has 0 bridgehead atoms. The van der Waals surface area contributed by atoms with Crippen LogP contribution >= 0.6 is 46.4 Å². The molecule has 4 aromatic carbocycles. The first-order valence-corrected chi connectivity index (χ1v) is 17.7. The first kappa shape index (κ1) is 37.0. The maximum absolute atomic E-state index is 13.3. The number of ether oxygens (including phenoxy) is 2. The second-order valence-corrected chi connectivity index (χ2v) is 13.8. The third kappa shape index (κ3) is 9.48. The lowest BCUT2D eigenvalue weighted by molar-refractivity contribution is 0.146. The zero-order chi connectivity index (χ0) is 34.8. The van der Waals surface area contributed by atoms with Crippen LogP contribution in [0.5, 0.6) is 0 Å². The maximum atomic E-state index is 13.3. The van der Waals surface area contributed by atoms with Gasteiger partial charge in [0.15, 0.2) is 0 Å². The van der Waals surface area contributed by atoms with Crippen molar-refractivity contribution in [2.45, 2.75) is 50.7 Å². The van der Waals surface area contributed by atoms with E-state index in [2.05, 4.69) is 23.5 Å². The van der Waals surface area contributed by atoms with Crippen molar-refractivity contribution in [2.75, 3.05) is 31.1 Å². The Morgan fingerprint density at radius 2 is 1.63 bits per heavy atom. The van der Waals surface area contributed by atoms with E-state index >= 15 is 0 Å². The van der Waals surface area contributed by atoms with Crippen molar-refractivity contribution in [3.05, 3.63) is 133 Å². The third-order valence-electron chi connectivity index (χ3n) is 9.04. The molecule has 258 valence electrons. The molecule has 0 saturated carbocycles. The molecule has 0 saturated heterocycles. The second kappa shape index (κ2) is 17.6. The van der Waals surface area contributed by atoms with Crippen LogP contribution in [-0.2, 0) is 28.1 Å². The van der Waals surface area contributed by atoms with Crippen molar-refractivity contribution in [1.82, 2.24) is 5.32 Å². The van der Waals surface area contributed by atoms with Gasteiger partial charge in [0.2, 0.25) is 0 Å². The van der Waals surface area contributed by atoms with E-state index in [4.69, 9.17) is 55.9 Å². The molecule has 1 aliphatic heterocycles. The summed E-state index contributed by atoms with van der Waals surface area (Å²) >= 11 is 24.9. The topological polar surface area (TPSA) is 83.4 Å². The molecule has 1 aliphatic rings. The average molecular weight is 744 g/mol. The van der Waals surface area contributed by atoms with Crippen molar-refractivity contribution in [3.8, 4) is 0 Å². The molecule has 5 rings (SSSR count). The van der Waals surface area contributed by atoms with E-state index in [0.29, 0.717) is 51.9 Å². The first-order valence-electron chi connectivity index (χ1n) is 16.2. The number of halogens is 4. The van der Waals surface area contributed by atoms with Gasteiger partial charge in [-0.2, -0.15) is 0 Å². The molecule has 0 aliphatic carbocycles. The number of carbonyl (C=O) groups is 1. The predicted octanol–water partition coefficient (Wildman–Crippen LogP) is 10.3. The fraction of sp³-hybridized carbons (Fsp3) is 0.316. The summed E-state index contributed by atoms with van der Waals surface area (Å²) in [7, 11) is 0. The number of hydrogen-bond acceptors (Lipinski definition) is 6. The van der Waals surface area contributed by atoms with Gasteiger partial charge >= 0.3 is 6.09 Å². The quantitative estimate of drug-likeness (QED) is 0.0548. The largest absolute Gasteiger partial charge is 0.444 e. The standard InChI is InChI=1S/C38H39Cl4N3O4/c1-2-38(25-45(36-11-7-6-10-32(36)38)37(46)49-23-26-8-4-3-5-9-26)15-17-43-16-14-31(28-12-13-33(41)34(42)20-28)35(44-47)24-48-22-27-18-29(39)21-30(40)19-27/h3-13,18-21,31,43,47H,2,14-17,22-25H2,1H3/b44-35+. The molecule has 2 N–H and O–H groups in total. The molecular weight excluding hydrogens is 704 g/mol. The average Bonchev–Trinajstić information content (AvgIpc) is 3.44. The van der Waals surface area contributed by atoms with Crippen molar-refractivity contribution < 1.29 is 19.5 Å². The van der Waals surface area contributed by atoms with Gasteiger partial charge in [-0.25, -0.2) is 4.79 Å². The Labute approximate surface area is 307 Å². The number of para-hydroxylation sites is 1. The van der Waals surface area contributed by atoms with Gasteiger partial charge in [0.1, 0.15) is 6.61 Å². The first-order chi connectivity index (χ1) is 23.7. The molecule has 0 radical (unpaired) electrons. The van der Waals surface area contributed by atoms with Crippen LogP contribution in [-0.4, -0.2) is 43.3 Å². The SMILES string of the molecule is CCC1(CCNCCC(/C(COCc2cc(Cl)cc(Cl)c2)=N/O)c2ccc(Cl)c(Cl)c2)CN(C(=O)OCc2ccccc2)c2ccccc21. The Hall–Kier alpha value is -3.30. The third-order valence-corrected chi connectivity index (χ3v) is 10.2. The van der Waals surface area contributed by atoms with Crippen LogP contribution in [0.15, 0.2) is 96.2 Å².